The van der Waals surface area contributed by atoms with E-state index in [9.17, 15) is 12.8 Å². The van der Waals surface area contributed by atoms with Crippen LogP contribution in [-0.2, 0) is 22.3 Å². The molecule has 0 spiro atoms. The normalized spacial score (nSPS) is 14.9. The largest absolute Gasteiger partial charge is 0.341 e. The minimum absolute atomic E-state index is 0.105. The maximum absolute atomic E-state index is 12.9. The summed E-state index contributed by atoms with van der Waals surface area (Å²) in [5.41, 5.74) is 1.98. The molecule has 1 aromatic heterocycles. The van der Waals surface area contributed by atoms with Crippen LogP contribution in [0.1, 0.15) is 29.8 Å². The van der Waals surface area contributed by atoms with Gasteiger partial charge in [0.25, 0.3) is 0 Å². The van der Waals surface area contributed by atoms with E-state index in [4.69, 9.17) is 0 Å². The van der Waals surface area contributed by atoms with E-state index < -0.39 is 10.0 Å². The van der Waals surface area contributed by atoms with Crippen LogP contribution in [0.15, 0.2) is 30.3 Å². The third-order valence-corrected chi connectivity index (χ3v) is 5.33. The molecule has 1 N–H and O–H groups in total. The molecule has 1 aromatic carbocycles. The summed E-state index contributed by atoms with van der Waals surface area (Å²) < 4.78 is 39.9. The monoisotopic (exact) mass is 364 g/mol. The van der Waals surface area contributed by atoms with Crippen molar-refractivity contribution in [2.24, 2.45) is 0 Å². The number of nitrogens with one attached hydrogen (secondary N) is 1. The zero-order chi connectivity index (χ0) is 17.9. The van der Waals surface area contributed by atoms with Crippen LogP contribution in [0.25, 0.3) is 0 Å². The summed E-state index contributed by atoms with van der Waals surface area (Å²) in [6.07, 6.45) is 2.24. The summed E-state index contributed by atoms with van der Waals surface area (Å²) in [6.45, 7) is 3.84. The van der Waals surface area contributed by atoms with E-state index in [0.29, 0.717) is 17.2 Å². The average Bonchev–Trinajstić information content (AvgIpc) is 3.09. The Kier molecular flexibility index (Phi) is 5.29. The number of aryl methyl sites for hydroxylation is 1. The van der Waals surface area contributed by atoms with Crippen LogP contribution in [0.4, 0.5) is 10.3 Å². The molecule has 3 rings (SSSR count). The van der Waals surface area contributed by atoms with Gasteiger partial charge < -0.3 is 4.90 Å². The molecule has 1 aliphatic rings. The van der Waals surface area contributed by atoms with E-state index in [-0.39, 0.29) is 18.1 Å². The molecule has 0 amide bonds. The zero-order valence-corrected chi connectivity index (χ0v) is 14.9. The Morgan fingerprint density at radius 1 is 1.16 bits per heavy atom. The Morgan fingerprint density at radius 3 is 2.52 bits per heavy atom. The molecule has 0 atom stereocenters. The van der Waals surface area contributed by atoms with Gasteiger partial charge in [-0.05, 0) is 43.5 Å². The number of halogens is 1. The first-order valence-electron chi connectivity index (χ1n) is 8.22. The van der Waals surface area contributed by atoms with Crippen molar-refractivity contribution in [3.63, 3.8) is 0 Å². The molecule has 0 bridgehead atoms. The Bertz CT molecular complexity index is 834. The molecule has 6 nitrogen and oxygen atoms in total. The van der Waals surface area contributed by atoms with Gasteiger partial charge in [-0.25, -0.2) is 27.5 Å². The Morgan fingerprint density at radius 2 is 1.84 bits per heavy atom. The summed E-state index contributed by atoms with van der Waals surface area (Å²) in [4.78, 5) is 11.0. The first-order valence-corrected chi connectivity index (χ1v) is 9.88. The molecule has 2 aromatic rings. The summed E-state index contributed by atoms with van der Waals surface area (Å²) in [5, 5.41) is 0. The Balaban J connectivity index is 1.66. The standard InChI is InChI=1S/C17H21FN4O2S/c1-13-10-16(21-17(20-13)22-8-2-3-9-22)11-19-25(23,24)12-14-4-6-15(18)7-5-14/h4-7,10,19H,2-3,8-9,11-12H2,1H3. The number of rotatable bonds is 6. The lowest BCUT2D eigenvalue weighted by atomic mass is 10.2. The van der Waals surface area contributed by atoms with Crippen LogP contribution in [0.2, 0.25) is 0 Å². The second-order valence-corrected chi connectivity index (χ2v) is 8.01. The number of anilines is 1. The number of hydrogen-bond donors (Lipinski definition) is 1. The van der Waals surface area contributed by atoms with Crippen molar-refractivity contribution in [3.8, 4) is 0 Å². The fraction of sp³-hybridized carbons (Fsp3) is 0.412. The highest BCUT2D eigenvalue weighted by atomic mass is 32.2. The highest BCUT2D eigenvalue weighted by molar-refractivity contribution is 7.88. The third-order valence-electron chi connectivity index (χ3n) is 4.03. The van der Waals surface area contributed by atoms with Crippen LogP contribution in [0.3, 0.4) is 0 Å². The summed E-state index contributed by atoms with van der Waals surface area (Å²) >= 11 is 0. The van der Waals surface area contributed by atoms with Gasteiger partial charge in [0.2, 0.25) is 16.0 Å². The molecule has 25 heavy (non-hydrogen) atoms. The second kappa shape index (κ2) is 7.45. The molecule has 1 fully saturated rings. The van der Waals surface area contributed by atoms with E-state index in [0.717, 1.165) is 31.6 Å². The van der Waals surface area contributed by atoms with E-state index >= 15 is 0 Å². The topological polar surface area (TPSA) is 75.2 Å². The molecule has 1 aliphatic heterocycles. The fourth-order valence-corrected chi connectivity index (χ4v) is 3.90. The zero-order valence-electron chi connectivity index (χ0n) is 14.1. The summed E-state index contributed by atoms with van der Waals surface area (Å²) in [6, 6.07) is 7.21. The van der Waals surface area contributed by atoms with Crippen LogP contribution in [0, 0.1) is 12.7 Å². The molecule has 0 unspecified atom stereocenters. The van der Waals surface area contributed by atoms with Crippen molar-refractivity contribution >= 4 is 16.0 Å². The van der Waals surface area contributed by atoms with Crippen LogP contribution < -0.4 is 9.62 Å². The van der Waals surface area contributed by atoms with Gasteiger partial charge in [0.15, 0.2) is 0 Å². The minimum atomic E-state index is -3.54. The van der Waals surface area contributed by atoms with Gasteiger partial charge in [0, 0.05) is 18.8 Å². The lowest BCUT2D eigenvalue weighted by Gasteiger charge is -2.16. The highest BCUT2D eigenvalue weighted by Crippen LogP contribution is 2.17. The number of hydrogen-bond acceptors (Lipinski definition) is 5. The van der Waals surface area contributed by atoms with Gasteiger partial charge in [-0.2, -0.15) is 0 Å². The van der Waals surface area contributed by atoms with Crippen molar-refractivity contribution in [1.29, 1.82) is 0 Å². The average molecular weight is 364 g/mol. The van der Waals surface area contributed by atoms with E-state index in [1.807, 2.05) is 6.92 Å². The number of aromatic nitrogens is 2. The van der Waals surface area contributed by atoms with E-state index in [2.05, 4.69) is 19.6 Å². The minimum Gasteiger partial charge on any atom is -0.341 e. The summed E-state index contributed by atoms with van der Waals surface area (Å²) in [7, 11) is -3.54. The van der Waals surface area contributed by atoms with Crippen molar-refractivity contribution in [2.45, 2.75) is 32.1 Å². The van der Waals surface area contributed by atoms with Crippen molar-refractivity contribution in [3.05, 3.63) is 53.1 Å². The predicted molar refractivity (Wildman–Crippen MR) is 94.1 cm³/mol. The third kappa shape index (κ3) is 4.96. The number of benzene rings is 1. The smallest absolute Gasteiger partial charge is 0.225 e. The quantitative estimate of drug-likeness (QED) is 0.850. The van der Waals surface area contributed by atoms with Crippen molar-refractivity contribution in [2.75, 3.05) is 18.0 Å². The first kappa shape index (κ1) is 17.8. The molecule has 8 heteroatoms. The molecule has 2 heterocycles. The van der Waals surface area contributed by atoms with Gasteiger partial charge >= 0.3 is 0 Å². The molecule has 0 radical (unpaired) electrons. The fourth-order valence-electron chi connectivity index (χ4n) is 2.80. The SMILES string of the molecule is Cc1cc(CNS(=O)(=O)Cc2ccc(F)cc2)nc(N2CCCC2)n1. The van der Waals surface area contributed by atoms with Crippen LogP contribution in [0.5, 0.6) is 0 Å². The highest BCUT2D eigenvalue weighted by Gasteiger charge is 2.17. The Hall–Kier alpha value is -2.06. The molecule has 0 aliphatic carbocycles. The van der Waals surface area contributed by atoms with Crippen LogP contribution in [-0.4, -0.2) is 31.5 Å². The van der Waals surface area contributed by atoms with E-state index in [1.54, 1.807) is 6.07 Å². The maximum Gasteiger partial charge on any atom is 0.225 e. The number of nitrogens with zero attached hydrogens (tertiary/aromatic N) is 3. The molecular formula is C17H21FN4O2S. The lowest BCUT2D eigenvalue weighted by Crippen LogP contribution is -2.26. The van der Waals surface area contributed by atoms with Gasteiger partial charge in [-0.1, -0.05) is 12.1 Å². The van der Waals surface area contributed by atoms with Gasteiger partial charge in [0.1, 0.15) is 5.82 Å². The lowest BCUT2D eigenvalue weighted by molar-refractivity contribution is 0.579. The van der Waals surface area contributed by atoms with Gasteiger partial charge in [-0.3, -0.25) is 0 Å². The first-order chi connectivity index (χ1) is 11.9. The molecule has 0 saturated carbocycles. The number of sulfonamides is 1. The van der Waals surface area contributed by atoms with E-state index in [1.165, 1.54) is 24.3 Å². The summed E-state index contributed by atoms with van der Waals surface area (Å²) in [5.74, 6) is 0.0707. The van der Waals surface area contributed by atoms with Crippen molar-refractivity contribution < 1.29 is 12.8 Å². The van der Waals surface area contributed by atoms with Gasteiger partial charge in [-0.15, -0.1) is 0 Å². The van der Waals surface area contributed by atoms with Crippen LogP contribution >= 0.6 is 0 Å². The Labute approximate surface area is 147 Å². The predicted octanol–water partition coefficient (Wildman–Crippen LogP) is 2.14. The molecule has 1 saturated heterocycles. The van der Waals surface area contributed by atoms with Crippen molar-refractivity contribution in [1.82, 2.24) is 14.7 Å². The second-order valence-electron chi connectivity index (χ2n) is 6.20. The molecular weight excluding hydrogens is 343 g/mol. The van der Waals surface area contributed by atoms with Gasteiger partial charge in [0.05, 0.1) is 18.0 Å². The maximum atomic E-state index is 12.9. The molecule has 134 valence electrons.